The van der Waals surface area contributed by atoms with E-state index in [1.807, 2.05) is 4.98 Å². The number of rotatable bonds is 3. The molecule has 0 unspecified atom stereocenters. The minimum Gasteiger partial charge on any atom is -0.394 e. The highest BCUT2D eigenvalue weighted by molar-refractivity contribution is 7.92. The lowest BCUT2D eigenvalue weighted by Gasteiger charge is -2.27. The number of hydrogen-bond acceptors (Lipinski definition) is 7. The van der Waals surface area contributed by atoms with Crippen LogP contribution in [0.4, 0.5) is 4.39 Å². The molecule has 0 bridgehead atoms. The van der Waals surface area contributed by atoms with E-state index in [1.54, 1.807) is 0 Å². The predicted molar refractivity (Wildman–Crippen MR) is 67.0 cm³/mol. The van der Waals surface area contributed by atoms with E-state index in [1.165, 1.54) is 0 Å². The van der Waals surface area contributed by atoms with Crippen LogP contribution in [0, 0.1) is 0 Å². The van der Waals surface area contributed by atoms with E-state index < -0.39 is 51.1 Å². The van der Waals surface area contributed by atoms with Crippen molar-refractivity contribution < 1.29 is 27.8 Å². The lowest BCUT2D eigenvalue weighted by molar-refractivity contribution is -0.0518. The van der Waals surface area contributed by atoms with Crippen molar-refractivity contribution in [3.05, 3.63) is 33.1 Å². The SMILES string of the molecule is CS(=O)(=O)[C@@]1(F)[C@H](O)[C@@H](CO)O[C@H]1n1ccc(=O)[nH]c1=O. The lowest BCUT2D eigenvalue weighted by Crippen LogP contribution is -2.50. The number of aliphatic hydroxyl groups is 2. The monoisotopic (exact) mass is 324 g/mol. The van der Waals surface area contributed by atoms with Crippen molar-refractivity contribution in [3.63, 3.8) is 0 Å². The topological polar surface area (TPSA) is 139 Å². The van der Waals surface area contributed by atoms with Crippen LogP contribution in [0.15, 0.2) is 21.9 Å². The highest BCUT2D eigenvalue weighted by Crippen LogP contribution is 2.44. The molecular weight excluding hydrogens is 311 g/mol. The first-order valence-corrected chi connectivity index (χ1v) is 7.66. The van der Waals surface area contributed by atoms with E-state index in [2.05, 4.69) is 0 Å². The quantitative estimate of drug-likeness (QED) is 0.558. The predicted octanol–water partition coefficient (Wildman–Crippen LogP) is -2.50. The van der Waals surface area contributed by atoms with Gasteiger partial charge in [-0.25, -0.2) is 17.6 Å². The van der Waals surface area contributed by atoms with Crippen LogP contribution in [0.5, 0.6) is 0 Å². The van der Waals surface area contributed by atoms with Crippen molar-refractivity contribution in [2.24, 2.45) is 0 Å². The second kappa shape index (κ2) is 5.02. The Bertz CT molecular complexity index is 757. The molecule has 1 fully saturated rings. The number of halogens is 1. The molecule has 1 saturated heterocycles. The van der Waals surface area contributed by atoms with Gasteiger partial charge in [-0.3, -0.25) is 14.3 Å². The summed E-state index contributed by atoms with van der Waals surface area (Å²) in [6.07, 6.45) is -4.39. The number of alkyl halides is 1. The molecule has 0 amide bonds. The summed E-state index contributed by atoms with van der Waals surface area (Å²) in [5, 5.41) is 15.5. The van der Waals surface area contributed by atoms with Crippen LogP contribution in [-0.4, -0.2) is 58.3 Å². The number of ether oxygens (including phenoxy) is 1. The lowest BCUT2D eigenvalue weighted by atomic mass is 10.1. The second-order valence-electron chi connectivity index (χ2n) is 4.64. The molecule has 0 radical (unpaired) electrons. The van der Waals surface area contributed by atoms with Gasteiger partial charge in [0.1, 0.15) is 12.2 Å². The van der Waals surface area contributed by atoms with E-state index in [0.717, 1.165) is 12.3 Å². The fourth-order valence-corrected chi connectivity index (χ4v) is 3.27. The first-order chi connectivity index (χ1) is 9.62. The maximum atomic E-state index is 15.0. The average molecular weight is 324 g/mol. The van der Waals surface area contributed by atoms with Crippen LogP contribution < -0.4 is 11.2 Å². The number of sulfone groups is 1. The number of aromatic amines is 1. The van der Waals surface area contributed by atoms with Gasteiger partial charge >= 0.3 is 5.69 Å². The zero-order chi connectivity index (χ0) is 16.0. The summed E-state index contributed by atoms with van der Waals surface area (Å²) in [7, 11) is -4.52. The normalized spacial score (nSPS) is 33.2. The summed E-state index contributed by atoms with van der Waals surface area (Å²) >= 11 is 0. The summed E-state index contributed by atoms with van der Waals surface area (Å²) in [6, 6.07) is 0.867. The van der Waals surface area contributed by atoms with Gasteiger partial charge in [-0.1, -0.05) is 0 Å². The number of H-pyrrole nitrogens is 1. The third kappa shape index (κ3) is 2.31. The molecule has 11 heteroatoms. The number of aliphatic hydroxyl groups excluding tert-OH is 2. The van der Waals surface area contributed by atoms with Gasteiger partial charge < -0.3 is 14.9 Å². The van der Waals surface area contributed by atoms with E-state index in [4.69, 9.17) is 9.84 Å². The van der Waals surface area contributed by atoms with Crippen LogP contribution in [-0.2, 0) is 14.6 Å². The van der Waals surface area contributed by atoms with Gasteiger partial charge in [0.15, 0.2) is 16.1 Å². The maximum absolute atomic E-state index is 15.0. The molecule has 3 N–H and O–H groups in total. The third-order valence-corrected chi connectivity index (χ3v) is 4.83. The van der Waals surface area contributed by atoms with Crippen molar-refractivity contribution in [1.82, 2.24) is 9.55 Å². The van der Waals surface area contributed by atoms with Gasteiger partial charge in [0.2, 0.25) is 0 Å². The molecule has 2 heterocycles. The Morgan fingerprint density at radius 2 is 2.14 bits per heavy atom. The largest absolute Gasteiger partial charge is 0.394 e. The van der Waals surface area contributed by atoms with Gasteiger partial charge in [0, 0.05) is 18.5 Å². The average Bonchev–Trinajstić information content (AvgIpc) is 2.63. The highest BCUT2D eigenvalue weighted by atomic mass is 32.2. The molecule has 118 valence electrons. The molecule has 1 aliphatic heterocycles. The number of nitrogens with one attached hydrogen (secondary N) is 1. The van der Waals surface area contributed by atoms with Crippen LogP contribution in [0.25, 0.3) is 0 Å². The Morgan fingerprint density at radius 3 is 2.62 bits per heavy atom. The zero-order valence-electron chi connectivity index (χ0n) is 10.8. The molecule has 0 aromatic carbocycles. The van der Waals surface area contributed by atoms with E-state index in [0.29, 0.717) is 10.8 Å². The number of hydrogen-bond donors (Lipinski definition) is 3. The molecule has 0 saturated carbocycles. The number of nitrogens with zero attached hydrogens (tertiary/aromatic N) is 1. The third-order valence-electron chi connectivity index (χ3n) is 3.25. The minimum absolute atomic E-state index is 0.501. The van der Waals surface area contributed by atoms with E-state index in [9.17, 15) is 27.5 Å². The van der Waals surface area contributed by atoms with Gasteiger partial charge in [-0.2, -0.15) is 0 Å². The molecule has 0 aliphatic carbocycles. The summed E-state index contributed by atoms with van der Waals surface area (Å²) in [4.78, 5) is 24.5. The Kier molecular flexibility index (Phi) is 3.78. The fraction of sp³-hybridized carbons (Fsp3) is 0.600. The van der Waals surface area contributed by atoms with Gasteiger partial charge in [0.25, 0.3) is 10.6 Å². The Morgan fingerprint density at radius 1 is 1.52 bits per heavy atom. The zero-order valence-corrected chi connectivity index (χ0v) is 11.6. The van der Waals surface area contributed by atoms with E-state index in [-0.39, 0.29) is 0 Å². The molecule has 0 spiro atoms. The smallest absolute Gasteiger partial charge is 0.330 e. The fourth-order valence-electron chi connectivity index (χ4n) is 2.14. The highest BCUT2D eigenvalue weighted by Gasteiger charge is 2.65. The molecule has 9 nitrogen and oxygen atoms in total. The van der Waals surface area contributed by atoms with Crippen molar-refractivity contribution in [3.8, 4) is 0 Å². The van der Waals surface area contributed by atoms with Crippen LogP contribution in [0.1, 0.15) is 6.23 Å². The van der Waals surface area contributed by atoms with Gasteiger partial charge in [0.05, 0.1) is 6.61 Å². The minimum atomic E-state index is -4.52. The summed E-state index contributed by atoms with van der Waals surface area (Å²) < 4.78 is 43.8. The van der Waals surface area contributed by atoms with Crippen molar-refractivity contribution in [2.75, 3.05) is 12.9 Å². The Balaban J connectivity index is 2.65. The van der Waals surface area contributed by atoms with E-state index >= 15 is 0 Å². The summed E-state index contributed by atoms with van der Waals surface area (Å²) in [5.41, 5.74) is -1.87. The Labute approximate surface area is 117 Å². The van der Waals surface area contributed by atoms with Gasteiger partial charge in [-0.05, 0) is 0 Å². The molecule has 21 heavy (non-hydrogen) atoms. The van der Waals surface area contributed by atoms with Crippen LogP contribution in [0.3, 0.4) is 0 Å². The second-order valence-corrected chi connectivity index (χ2v) is 6.81. The molecule has 1 aliphatic rings. The summed E-state index contributed by atoms with van der Waals surface area (Å²) in [6.45, 7) is -0.850. The molecule has 1 aromatic heterocycles. The van der Waals surface area contributed by atoms with Crippen LogP contribution >= 0.6 is 0 Å². The summed E-state index contributed by atoms with van der Waals surface area (Å²) in [5.74, 6) is 0. The molecular formula is C10H13FN2O7S. The molecule has 1 aromatic rings. The van der Waals surface area contributed by atoms with Crippen molar-refractivity contribution in [1.29, 1.82) is 0 Å². The Hall–Kier alpha value is -1.56. The first-order valence-electron chi connectivity index (χ1n) is 5.77. The van der Waals surface area contributed by atoms with Gasteiger partial charge in [-0.15, -0.1) is 0 Å². The number of aromatic nitrogens is 2. The van der Waals surface area contributed by atoms with Crippen LogP contribution in [0.2, 0.25) is 0 Å². The molecule has 4 atom stereocenters. The van der Waals surface area contributed by atoms with Crippen molar-refractivity contribution >= 4 is 9.84 Å². The standard InChI is InChI=1S/C10H13FN2O7S/c1-21(18,19)10(11)7(16)5(4-14)20-8(10)13-3-2-6(15)12-9(13)17/h2-3,5,7-8,14,16H,4H2,1H3,(H,12,15,17)/t5-,7-,8-,10+/m1/s1. The molecule has 2 rings (SSSR count). The van der Waals surface area contributed by atoms with Crippen molar-refractivity contribution in [2.45, 2.75) is 23.4 Å². The first kappa shape index (κ1) is 15.8. The maximum Gasteiger partial charge on any atom is 0.330 e.